The number of halogens is 2. The van der Waals surface area contributed by atoms with Crippen LogP contribution in [0.15, 0.2) is 6.08 Å². The lowest BCUT2D eigenvalue weighted by atomic mass is 9.49. The highest BCUT2D eigenvalue weighted by Gasteiger charge is 2.55. The van der Waals surface area contributed by atoms with E-state index in [1.54, 1.807) is 13.0 Å². The molecule has 37 heavy (non-hydrogen) atoms. The van der Waals surface area contributed by atoms with Crippen molar-refractivity contribution in [2.45, 2.75) is 78.3 Å². The summed E-state index contributed by atoms with van der Waals surface area (Å²) < 4.78 is 20.6. The van der Waals surface area contributed by atoms with Crippen LogP contribution in [-0.4, -0.2) is 22.5 Å². The summed E-state index contributed by atoms with van der Waals surface area (Å²) in [6.07, 6.45) is 9.95. The van der Waals surface area contributed by atoms with Crippen LogP contribution < -0.4 is 10.1 Å². The van der Waals surface area contributed by atoms with Crippen molar-refractivity contribution >= 4 is 46.7 Å². The number of pyridine rings is 1. The van der Waals surface area contributed by atoms with Crippen LogP contribution in [0.25, 0.3) is 6.08 Å². The van der Waals surface area contributed by atoms with Gasteiger partial charge in [0.1, 0.15) is 16.4 Å². The minimum atomic E-state index is -1.45. The van der Waals surface area contributed by atoms with Gasteiger partial charge in [-0.05, 0) is 95.6 Å². The molecule has 2 heterocycles. The number of fused-ring (bicyclic) bond motifs is 1. The van der Waals surface area contributed by atoms with E-state index >= 15 is 0 Å². The van der Waals surface area contributed by atoms with E-state index in [0.717, 1.165) is 35.3 Å². The molecule has 5 aliphatic rings. The number of rotatable bonds is 4. The molecule has 4 fully saturated rings. The van der Waals surface area contributed by atoms with Crippen LogP contribution in [0.2, 0.25) is 5.02 Å². The van der Waals surface area contributed by atoms with E-state index < -0.39 is 5.67 Å². The lowest BCUT2D eigenvalue weighted by Crippen LogP contribution is -2.51. The second kappa shape index (κ2) is 8.63. The molecule has 2 aromatic heterocycles. The molecule has 1 amide bonds. The van der Waals surface area contributed by atoms with Crippen LogP contribution >= 0.6 is 22.9 Å². The van der Waals surface area contributed by atoms with Crippen LogP contribution in [0.1, 0.15) is 82.4 Å². The summed E-state index contributed by atoms with van der Waals surface area (Å²) in [7, 11) is 0. The van der Waals surface area contributed by atoms with Crippen LogP contribution in [0, 0.1) is 43.9 Å². The standard InChI is InChI=1S/C29H32ClFN2O3S/c1-14-15(2)25(33-26(34)24-22(30)20-5-6-28(4,31)13-21(20)37-24)32-16(3)23(14)36-27(35)29-10-17-7-18(11-29)9-19(8-17)12-29/h5-6,17-19H,7-13H2,1-4H3,(H,32,33,34). The summed E-state index contributed by atoms with van der Waals surface area (Å²) in [5.74, 6) is 2.37. The van der Waals surface area contributed by atoms with E-state index in [9.17, 15) is 14.0 Å². The normalized spacial score (nSPS) is 31.4. The molecular formula is C29H32ClFN2O3S. The number of carbonyl (C=O) groups excluding carboxylic acids is 2. The summed E-state index contributed by atoms with van der Waals surface area (Å²) in [6.45, 7) is 7.06. The minimum absolute atomic E-state index is 0.111. The molecule has 4 bridgehead atoms. The quantitative estimate of drug-likeness (QED) is 0.409. The highest BCUT2D eigenvalue weighted by molar-refractivity contribution is 7.15. The van der Waals surface area contributed by atoms with Gasteiger partial charge in [0.15, 0.2) is 5.75 Å². The fraction of sp³-hybridized carbons (Fsp3) is 0.552. The average molecular weight is 543 g/mol. The van der Waals surface area contributed by atoms with Crippen molar-refractivity contribution in [1.82, 2.24) is 4.98 Å². The number of hydrogen-bond donors (Lipinski definition) is 1. The Morgan fingerprint density at radius 1 is 1.11 bits per heavy atom. The largest absolute Gasteiger partial charge is 0.424 e. The third kappa shape index (κ3) is 4.22. The van der Waals surface area contributed by atoms with Crippen molar-refractivity contribution in [3.63, 3.8) is 0 Å². The Labute approximate surface area is 225 Å². The molecule has 0 aliphatic heterocycles. The van der Waals surface area contributed by atoms with E-state index in [-0.39, 0.29) is 23.7 Å². The maximum absolute atomic E-state index is 14.4. The van der Waals surface area contributed by atoms with E-state index in [2.05, 4.69) is 10.3 Å². The van der Waals surface area contributed by atoms with Gasteiger partial charge in [0.2, 0.25) is 0 Å². The highest BCUT2D eigenvalue weighted by atomic mass is 35.5. The third-order valence-corrected chi connectivity index (χ3v) is 10.7. The van der Waals surface area contributed by atoms with Gasteiger partial charge >= 0.3 is 5.97 Å². The number of anilines is 1. The maximum Gasteiger partial charge on any atom is 0.317 e. The number of allylic oxidation sites excluding steroid dienone is 1. The summed E-state index contributed by atoms with van der Waals surface area (Å²) in [4.78, 5) is 32.4. The number of carbonyl (C=O) groups is 2. The van der Waals surface area contributed by atoms with Crippen LogP contribution in [0.5, 0.6) is 5.75 Å². The number of aromatic nitrogens is 1. The van der Waals surface area contributed by atoms with Crippen LogP contribution in [0.4, 0.5) is 10.2 Å². The first kappa shape index (κ1) is 25.1. The van der Waals surface area contributed by atoms with E-state index in [0.29, 0.717) is 50.5 Å². The first-order valence-electron chi connectivity index (χ1n) is 13.2. The summed E-state index contributed by atoms with van der Waals surface area (Å²) in [5.41, 5.74) is 0.979. The van der Waals surface area contributed by atoms with E-state index in [4.69, 9.17) is 16.3 Å². The first-order chi connectivity index (χ1) is 17.4. The van der Waals surface area contributed by atoms with Gasteiger partial charge in [0.05, 0.1) is 16.1 Å². The molecule has 7 rings (SSSR count). The number of ether oxygens (including phenoxy) is 1. The average Bonchev–Trinajstić information content (AvgIpc) is 3.13. The zero-order chi connectivity index (χ0) is 26.3. The zero-order valence-corrected chi connectivity index (χ0v) is 23.2. The van der Waals surface area contributed by atoms with Crippen molar-refractivity contribution in [2.24, 2.45) is 23.2 Å². The Bertz CT molecular complexity index is 1330. The van der Waals surface area contributed by atoms with Gasteiger partial charge in [0, 0.05) is 22.4 Å². The molecule has 0 radical (unpaired) electrons. The number of nitrogens with zero attached hydrogens (tertiary/aromatic N) is 1. The monoisotopic (exact) mass is 542 g/mol. The van der Waals surface area contributed by atoms with Gasteiger partial charge < -0.3 is 10.1 Å². The summed E-state index contributed by atoms with van der Waals surface area (Å²) in [5, 5.41) is 3.22. The second-order valence-corrected chi connectivity index (χ2v) is 13.5. The Morgan fingerprint density at radius 2 is 1.73 bits per heavy atom. The molecule has 0 aromatic carbocycles. The van der Waals surface area contributed by atoms with Crippen molar-refractivity contribution in [3.8, 4) is 5.75 Å². The van der Waals surface area contributed by atoms with Crippen molar-refractivity contribution in [2.75, 3.05) is 5.32 Å². The third-order valence-electron chi connectivity index (χ3n) is 9.04. The zero-order valence-electron chi connectivity index (χ0n) is 21.7. The molecule has 5 nitrogen and oxygen atoms in total. The van der Waals surface area contributed by atoms with Crippen LogP contribution in [0.3, 0.4) is 0 Å². The van der Waals surface area contributed by atoms with Crippen molar-refractivity contribution in [3.05, 3.63) is 43.2 Å². The molecule has 0 spiro atoms. The Balaban J connectivity index is 1.23. The van der Waals surface area contributed by atoms with Gasteiger partial charge in [-0.25, -0.2) is 9.37 Å². The maximum atomic E-state index is 14.4. The number of nitrogens with one attached hydrogen (secondary N) is 1. The minimum Gasteiger partial charge on any atom is -0.424 e. The van der Waals surface area contributed by atoms with Gasteiger partial charge in [0.25, 0.3) is 5.91 Å². The topological polar surface area (TPSA) is 68.3 Å². The molecule has 2 aromatic rings. The molecule has 1 unspecified atom stereocenters. The highest BCUT2D eigenvalue weighted by Crippen LogP contribution is 2.60. The predicted octanol–water partition coefficient (Wildman–Crippen LogP) is 7.39. The summed E-state index contributed by atoms with van der Waals surface area (Å²) in [6, 6.07) is 0. The smallest absolute Gasteiger partial charge is 0.317 e. The number of esters is 1. The fourth-order valence-electron chi connectivity index (χ4n) is 7.46. The van der Waals surface area contributed by atoms with Gasteiger partial charge in [-0.15, -0.1) is 11.3 Å². The Morgan fingerprint density at radius 3 is 2.35 bits per heavy atom. The van der Waals surface area contributed by atoms with Crippen molar-refractivity contribution in [1.29, 1.82) is 0 Å². The molecule has 1 N–H and O–H groups in total. The van der Waals surface area contributed by atoms with E-state index in [1.165, 1.54) is 43.6 Å². The number of amides is 1. The molecular weight excluding hydrogens is 511 g/mol. The Hall–Kier alpha value is -2.25. The number of thiophene rings is 1. The summed E-state index contributed by atoms with van der Waals surface area (Å²) >= 11 is 7.72. The second-order valence-electron chi connectivity index (χ2n) is 12.0. The number of alkyl halides is 1. The van der Waals surface area contributed by atoms with Gasteiger partial charge in [-0.1, -0.05) is 17.7 Å². The SMILES string of the molecule is Cc1nc(NC(=O)c2sc3c(c2Cl)C=CC(C)(F)C3)c(C)c(C)c1OC(=O)C12CC3CC(CC(C3)C1)C2. The van der Waals surface area contributed by atoms with Gasteiger partial charge in [-0.3, -0.25) is 9.59 Å². The first-order valence-corrected chi connectivity index (χ1v) is 14.3. The van der Waals surface area contributed by atoms with Gasteiger partial charge in [-0.2, -0.15) is 0 Å². The Kier molecular flexibility index (Phi) is 5.85. The molecule has 0 saturated heterocycles. The van der Waals surface area contributed by atoms with Crippen molar-refractivity contribution < 1.29 is 18.7 Å². The van der Waals surface area contributed by atoms with Crippen LogP contribution in [-0.2, 0) is 11.2 Å². The van der Waals surface area contributed by atoms with E-state index in [1.807, 2.05) is 13.8 Å². The molecule has 196 valence electrons. The lowest BCUT2D eigenvalue weighted by Gasteiger charge is -2.55. The molecule has 8 heteroatoms. The molecule has 1 atom stereocenters. The number of hydrogen-bond acceptors (Lipinski definition) is 5. The fourth-order valence-corrected chi connectivity index (χ4v) is 9.12. The molecule has 5 aliphatic carbocycles. The predicted molar refractivity (Wildman–Crippen MR) is 144 cm³/mol. The lowest BCUT2D eigenvalue weighted by molar-refractivity contribution is -0.161. The molecule has 4 saturated carbocycles. The number of aryl methyl sites for hydroxylation is 1.